The van der Waals surface area contributed by atoms with Gasteiger partial charge in [0.1, 0.15) is 0 Å². The number of aromatic nitrogens is 1. The highest BCUT2D eigenvalue weighted by Gasteiger charge is 2.22. The molecule has 0 saturated heterocycles. The molecule has 1 aromatic heterocycles. The lowest BCUT2D eigenvalue weighted by Gasteiger charge is -2.22. The molecule has 0 bridgehead atoms. The second-order valence-corrected chi connectivity index (χ2v) is 5.77. The highest BCUT2D eigenvalue weighted by molar-refractivity contribution is 6.31. The van der Waals surface area contributed by atoms with E-state index in [0.29, 0.717) is 5.02 Å². The number of rotatable bonds is 1. The second-order valence-electron chi connectivity index (χ2n) is 5.36. The van der Waals surface area contributed by atoms with Crippen LogP contribution in [0.2, 0.25) is 5.02 Å². The first kappa shape index (κ1) is 12.5. The molecule has 0 spiro atoms. The molecular formula is C12H18ClNO. The van der Waals surface area contributed by atoms with E-state index in [0.717, 1.165) is 11.3 Å². The third-order valence-electron chi connectivity index (χ3n) is 2.26. The van der Waals surface area contributed by atoms with Crippen molar-refractivity contribution in [2.75, 3.05) is 0 Å². The van der Waals surface area contributed by atoms with Crippen LogP contribution in [0.4, 0.5) is 0 Å². The fourth-order valence-corrected chi connectivity index (χ4v) is 1.77. The molecule has 0 aliphatic rings. The number of hydrogen-bond donors (Lipinski definition) is 1. The summed E-state index contributed by atoms with van der Waals surface area (Å²) in [5.41, 5.74) is 0.625. The van der Waals surface area contributed by atoms with E-state index >= 15 is 0 Å². The van der Waals surface area contributed by atoms with Crippen LogP contribution in [0.1, 0.15) is 45.9 Å². The van der Waals surface area contributed by atoms with Crippen molar-refractivity contribution >= 4 is 11.6 Å². The van der Waals surface area contributed by atoms with Crippen LogP contribution in [0, 0.1) is 0 Å². The maximum Gasteiger partial charge on any atom is 0.0855 e. The third kappa shape index (κ3) is 2.93. The van der Waals surface area contributed by atoms with Crippen LogP contribution >= 0.6 is 11.6 Å². The predicted octanol–water partition coefficient (Wildman–Crippen LogP) is 3.26. The fraction of sp³-hybridized carbons (Fsp3) is 0.583. The minimum atomic E-state index is -0.896. The van der Waals surface area contributed by atoms with Gasteiger partial charge in [-0.2, -0.15) is 0 Å². The summed E-state index contributed by atoms with van der Waals surface area (Å²) < 4.78 is 0. The van der Waals surface area contributed by atoms with Gasteiger partial charge in [-0.3, -0.25) is 4.98 Å². The topological polar surface area (TPSA) is 33.1 Å². The average Bonchev–Trinajstić information content (AvgIpc) is 1.99. The zero-order chi connectivity index (χ0) is 11.9. The van der Waals surface area contributed by atoms with Gasteiger partial charge >= 0.3 is 0 Å². The average molecular weight is 228 g/mol. The first-order chi connectivity index (χ1) is 6.62. The first-order valence-electron chi connectivity index (χ1n) is 5.01. The zero-order valence-electron chi connectivity index (χ0n) is 9.93. The summed E-state index contributed by atoms with van der Waals surface area (Å²) in [6.45, 7) is 9.62. The van der Waals surface area contributed by atoms with Crippen molar-refractivity contribution in [2.45, 2.75) is 45.6 Å². The lowest BCUT2D eigenvalue weighted by atomic mass is 9.90. The predicted molar refractivity (Wildman–Crippen MR) is 63.2 cm³/mol. The molecule has 2 nitrogen and oxygen atoms in total. The van der Waals surface area contributed by atoms with Gasteiger partial charge in [0.05, 0.1) is 16.3 Å². The number of pyridine rings is 1. The highest BCUT2D eigenvalue weighted by Crippen LogP contribution is 2.30. The molecule has 0 aliphatic carbocycles. The third-order valence-corrected chi connectivity index (χ3v) is 2.55. The second kappa shape index (κ2) is 3.76. The van der Waals surface area contributed by atoms with Crippen LogP contribution in [0.5, 0.6) is 0 Å². The number of hydrogen-bond acceptors (Lipinski definition) is 2. The smallest absolute Gasteiger partial charge is 0.0855 e. The van der Waals surface area contributed by atoms with Gasteiger partial charge in [-0.05, 0) is 19.9 Å². The lowest BCUT2D eigenvalue weighted by molar-refractivity contribution is 0.0781. The Morgan fingerprint density at radius 2 is 1.73 bits per heavy atom. The van der Waals surface area contributed by atoms with Crippen LogP contribution in [-0.4, -0.2) is 10.1 Å². The summed E-state index contributed by atoms with van der Waals surface area (Å²) in [6, 6.07) is 1.79. The minimum Gasteiger partial charge on any atom is -0.386 e. The van der Waals surface area contributed by atoms with E-state index in [-0.39, 0.29) is 5.41 Å². The number of nitrogens with zero attached hydrogens (tertiary/aromatic N) is 1. The molecule has 1 rings (SSSR count). The molecule has 3 heteroatoms. The Labute approximate surface area is 96.3 Å². The van der Waals surface area contributed by atoms with E-state index in [1.54, 1.807) is 26.1 Å². The molecule has 0 fully saturated rings. The van der Waals surface area contributed by atoms with Gasteiger partial charge < -0.3 is 5.11 Å². The molecule has 1 heterocycles. The Bertz CT molecular complexity index is 361. The highest BCUT2D eigenvalue weighted by atomic mass is 35.5. The maximum absolute atomic E-state index is 9.81. The zero-order valence-corrected chi connectivity index (χ0v) is 10.7. The van der Waals surface area contributed by atoms with E-state index in [2.05, 4.69) is 25.8 Å². The minimum absolute atomic E-state index is 0.0742. The van der Waals surface area contributed by atoms with Gasteiger partial charge in [0.25, 0.3) is 0 Å². The van der Waals surface area contributed by atoms with Crippen molar-refractivity contribution < 1.29 is 5.11 Å². The maximum atomic E-state index is 9.81. The lowest BCUT2D eigenvalue weighted by Crippen LogP contribution is -2.19. The summed E-state index contributed by atoms with van der Waals surface area (Å²) in [5, 5.41) is 10.4. The van der Waals surface area contributed by atoms with E-state index in [1.165, 1.54) is 0 Å². The van der Waals surface area contributed by atoms with E-state index < -0.39 is 5.60 Å². The van der Waals surface area contributed by atoms with Crippen LogP contribution in [0.15, 0.2) is 12.3 Å². The Hall–Kier alpha value is -0.600. The normalized spacial score (nSPS) is 13.0. The van der Waals surface area contributed by atoms with Crippen LogP contribution in [0.3, 0.4) is 0 Å². The summed E-state index contributed by atoms with van der Waals surface area (Å²) in [5.74, 6) is 0. The Kier molecular flexibility index (Phi) is 3.13. The quantitative estimate of drug-likeness (QED) is 0.799. The van der Waals surface area contributed by atoms with Crippen LogP contribution in [0.25, 0.3) is 0 Å². The van der Waals surface area contributed by atoms with Crippen molar-refractivity contribution in [1.82, 2.24) is 4.98 Å². The largest absolute Gasteiger partial charge is 0.386 e. The van der Waals surface area contributed by atoms with Gasteiger partial charge in [-0.15, -0.1) is 0 Å². The molecular weight excluding hydrogens is 210 g/mol. The molecule has 0 aliphatic heterocycles. The fourth-order valence-electron chi connectivity index (χ4n) is 1.32. The Balaban J connectivity index is 3.21. The number of aliphatic hydroxyl groups is 1. The molecule has 0 amide bonds. The summed E-state index contributed by atoms with van der Waals surface area (Å²) in [6.07, 6.45) is 1.69. The number of halogens is 1. The molecule has 1 N–H and O–H groups in total. The standard InChI is InChI=1S/C12H18ClNO/c1-11(2,3)10-9(13)6-8(7-14-10)12(4,5)15/h6-7,15H,1-5H3. The van der Waals surface area contributed by atoms with Crippen molar-refractivity contribution in [1.29, 1.82) is 0 Å². The van der Waals surface area contributed by atoms with Gasteiger partial charge in [0.15, 0.2) is 0 Å². The molecule has 0 unspecified atom stereocenters. The van der Waals surface area contributed by atoms with Gasteiger partial charge in [0.2, 0.25) is 0 Å². The molecule has 0 atom stereocenters. The van der Waals surface area contributed by atoms with Crippen molar-refractivity contribution in [2.24, 2.45) is 0 Å². The van der Waals surface area contributed by atoms with Crippen molar-refractivity contribution in [3.63, 3.8) is 0 Å². The molecule has 0 radical (unpaired) electrons. The SMILES string of the molecule is CC(C)(C)c1ncc(C(C)(C)O)cc1Cl. The Morgan fingerprint density at radius 3 is 2.07 bits per heavy atom. The monoisotopic (exact) mass is 227 g/mol. The van der Waals surface area contributed by atoms with Gasteiger partial charge in [-0.1, -0.05) is 32.4 Å². The summed E-state index contributed by atoms with van der Waals surface area (Å²) in [4.78, 5) is 4.32. The molecule has 1 aromatic rings. The van der Waals surface area contributed by atoms with E-state index in [4.69, 9.17) is 11.6 Å². The summed E-state index contributed by atoms with van der Waals surface area (Å²) >= 11 is 6.15. The van der Waals surface area contributed by atoms with Crippen molar-refractivity contribution in [3.8, 4) is 0 Å². The van der Waals surface area contributed by atoms with E-state index in [9.17, 15) is 5.11 Å². The van der Waals surface area contributed by atoms with Crippen LogP contribution < -0.4 is 0 Å². The van der Waals surface area contributed by atoms with Crippen LogP contribution in [-0.2, 0) is 11.0 Å². The first-order valence-corrected chi connectivity index (χ1v) is 5.39. The molecule has 0 aromatic carbocycles. The van der Waals surface area contributed by atoms with Crippen molar-refractivity contribution in [3.05, 3.63) is 28.5 Å². The van der Waals surface area contributed by atoms with Gasteiger partial charge in [0, 0.05) is 17.2 Å². The molecule has 15 heavy (non-hydrogen) atoms. The molecule has 84 valence electrons. The Morgan fingerprint density at radius 1 is 1.20 bits per heavy atom. The van der Waals surface area contributed by atoms with E-state index in [1.807, 2.05) is 0 Å². The molecule has 0 saturated carbocycles. The summed E-state index contributed by atoms with van der Waals surface area (Å²) in [7, 11) is 0. The van der Waals surface area contributed by atoms with Gasteiger partial charge in [-0.25, -0.2) is 0 Å².